The highest BCUT2D eigenvalue weighted by Crippen LogP contribution is 2.14. The van der Waals surface area contributed by atoms with E-state index in [1.807, 2.05) is 0 Å². The standard InChI is InChI=1S/C22H44O4/c1-26-22(25)21(24)19-17-15-13-11-9-7-5-3-2-4-6-8-10-12-14-16-18-20-23/h21,23-24H,2-20H2,1H3. The van der Waals surface area contributed by atoms with Gasteiger partial charge in [-0.05, 0) is 12.8 Å². The molecule has 0 saturated heterocycles. The Hall–Kier alpha value is -0.610. The average molecular weight is 373 g/mol. The molecular formula is C22H44O4. The maximum absolute atomic E-state index is 11.0. The number of hydrogen-bond donors (Lipinski definition) is 2. The zero-order chi connectivity index (χ0) is 19.3. The van der Waals surface area contributed by atoms with Crippen LogP contribution in [0.15, 0.2) is 0 Å². The van der Waals surface area contributed by atoms with E-state index in [-0.39, 0.29) is 0 Å². The van der Waals surface area contributed by atoms with Crippen molar-refractivity contribution in [3.63, 3.8) is 0 Å². The minimum absolute atomic E-state index is 0.348. The number of unbranched alkanes of at least 4 members (excludes halogenated alkanes) is 16. The van der Waals surface area contributed by atoms with Gasteiger partial charge in [-0.2, -0.15) is 0 Å². The quantitative estimate of drug-likeness (QED) is 0.218. The first-order chi connectivity index (χ1) is 12.7. The van der Waals surface area contributed by atoms with Crippen molar-refractivity contribution in [3.05, 3.63) is 0 Å². The number of carbonyl (C=O) groups excluding carboxylic acids is 1. The van der Waals surface area contributed by atoms with E-state index < -0.39 is 12.1 Å². The molecule has 0 rings (SSSR count). The van der Waals surface area contributed by atoms with Crippen molar-refractivity contribution < 1.29 is 19.7 Å². The topological polar surface area (TPSA) is 66.8 Å². The molecule has 26 heavy (non-hydrogen) atoms. The van der Waals surface area contributed by atoms with Crippen LogP contribution in [-0.2, 0) is 9.53 Å². The Morgan fingerprint density at radius 2 is 0.962 bits per heavy atom. The number of esters is 1. The van der Waals surface area contributed by atoms with Crippen molar-refractivity contribution in [1.82, 2.24) is 0 Å². The minimum Gasteiger partial charge on any atom is -0.467 e. The Kier molecular flexibility index (Phi) is 20.2. The van der Waals surface area contributed by atoms with Crippen LogP contribution in [0.25, 0.3) is 0 Å². The van der Waals surface area contributed by atoms with Crippen molar-refractivity contribution in [2.45, 2.75) is 122 Å². The molecule has 1 unspecified atom stereocenters. The summed E-state index contributed by atoms with van der Waals surface area (Å²) in [5, 5.41) is 18.2. The van der Waals surface area contributed by atoms with Crippen LogP contribution in [0.5, 0.6) is 0 Å². The number of rotatable bonds is 20. The number of carbonyl (C=O) groups is 1. The van der Waals surface area contributed by atoms with E-state index in [0.29, 0.717) is 13.0 Å². The van der Waals surface area contributed by atoms with Gasteiger partial charge < -0.3 is 14.9 Å². The first-order valence-corrected chi connectivity index (χ1v) is 11.1. The highest BCUT2D eigenvalue weighted by Gasteiger charge is 2.13. The second-order valence-electron chi connectivity index (χ2n) is 7.56. The molecule has 0 bridgehead atoms. The monoisotopic (exact) mass is 372 g/mol. The predicted molar refractivity (Wildman–Crippen MR) is 108 cm³/mol. The van der Waals surface area contributed by atoms with Gasteiger partial charge in [-0.25, -0.2) is 4.79 Å². The van der Waals surface area contributed by atoms with Crippen LogP contribution in [0.2, 0.25) is 0 Å². The summed E-state index contributed by atoms with van der Waals surface area (Å²) < 4.78 is 4.50. The van der Waals surface area contributed by atoms with Gasteiger partial charge in [-0.1, -0.05) is 103 Å². The van der Waals surface area contributed by atoms with Crippen LogP contribution in [0, 0.1) is 0 Å². The van der Waals surface area contributed by atoms with Crippen LogP contribution in [0.4, 0.5) is 0 Å². The zero-order valence-corrected chi connectivity index (χ0v) is 17.2. The summed E-state index contributed by atoms with van der Waals surface area (Å²) in [6.45, 7) is 0.348. The molecule has 2 N–H and O–H groups in total. The zero-order valence-electron chi connectivity index (χ0n) is 17.2. The van der Waals surface area contributed by atoms with E-state index in [9.17, 15) is 9.90 Å². The molecule has 0 radical (unpaired) electrons. The fourth-order valence-corrected chi connectivity index (χ4v) is 3.36. The molecule has 0 heterocycles. The summed E-state index contributed by atoms with van der Waals surface area (Å²) >= 11 is 0. The van der Waals surface area contributed by atoms with Crippen molar-refractivity contribution in [2.24, 2.45) is 0 Å². The molecule has 0 aliphatic carbocycles. The Morgan fingerprint density at radius 1 is 0.654 bits per heavy atom. The lowest BCUT2D eigenvalue weighted by Gasteiger charge is -2.07. The summed E-state index contributed by atoms with van der Waals surface area (Å²) in [6, 6.07) is 0. The number of ether oxygens (including phenoxy) is 1. The van der Waals surface area contributed by atoms with Gasteiger partial charge in [-0.15, -0.1) is 0 Å². The van der Waals surface area contributed by atoms with Gasteiger partial charge in [0, 0.05) is 6.61 Å². The smallest absolute Gasteiger partial charge is 0.334 e. The minimum atomic E-state index is -0.939. The summed E-state index contributed by atoms with van der Waals surface area (Å²) in [4.78, 5) is 11.0. The molecular weight excluding hydrogens is 328 g/mol. The molecule has 0 spiro atoms. The number of aliphatic hydroxyl groups is 2. The molecule has 0 fully saturated rings. The van der Waals surface area contributed by atoms with Crippen LogP contribution in [0.1, 0.15) is 116 Å². The molecule has 0 amide bonds. The fraction of sp³-hybridized carbons (Fsp3) is 0.955. The van der Waals surface area contributed by atoms with E-state index in [0.717, 1.165) is 19.3 Å². The molecule has 0 aliphatic rings. The van der Waals surface area contributed by atoms with E-state index in [4.69, 9.17) is 5.11 Å². The third-order valence-electron chi connectivity index (χ3n) is 5.11. The molecule has 156 valence electrons. The molecule has 0 aromatic heterocycles. The van der Waals surface area contributed by atoms with Gasteiger partial charge in [0.25, 0.3) is 0 Å². The summed E-state index contributed by atoms with van der Waals surface area (Å²) in [5.74, 6) is -0.511. The predicted octanol–water partition coefficient (Wildman–Crippen LogP) is 5.53. The first-order valence-electron chi connectivity index (χ1n) is 11.1. The maximum atomic E-state index is 11.0. The van der Waals surface area contributed by atoms with Gasteiger partial charge in [-0.3, -0.25) is 0 Å². The van der Waals surface area contributed by atoms with Crippen LogP contribution in [-0.4, -0.2) is 36.0 Å². The summed E-state index contributed by atoms with van der Waals surface area (Å²) in [7, 11) is 1.31. The molecule has 0 saturated carbocycles. The van der Waals surface area contributed by atoms with Crippen molar-refractivity contribution in [2.75, 3.05) is 13.7 Å². The van der Waals surface area contributed by atoms with Gasteiger partial charge >= 0.3 is 5.97 Å². The van der Waals surface area contributed by atoms with Crippen LogP contribution < -0.4 is 0 Å². The normalized spacial score (nSPS) is 12.3. The Bertz CT molecular complexity index is 294. The maximum Gasteiger partial charge on any atom is 0.334 e. The van der Waals surface area contributed by atoms with Gasteiger partial charge in [0.05, 0.1) is 7.11 Å². The highest BCUT2D eigenvalue weighted by molar-refractivity contribution is 5.74. The third kappa shape index (κ3) is 18.2. The number of hydrogen-bond acceptors (Lipinski definition) is 4. The van der Waals surface area contributed by atoms with Crippen LogP contribution in [0.3, 0.4) is 0 Å². The second kappa shape index (κ2) is 20.7. The van der Waals surface area contributed by atoms with Crippen molar-refractivity contribution in [1.29, 1.82) is 0 Å². The SMILES string of the molecule is COC(=O)C(O)CCCCCCCCCCCCCCCCCCCO. The first kappa shape index (κ1) is 25.4. The number of aliphatic hydroxyl groups excluding tert-OH is 2. The summed E-state index contributed by atoms with van der Waals surface area (Å²) in [6.07, 6.45) is 21.1. The third-order valence-corrected chi connectivity index (χ3v) is 5.11. The van der Waals surface area contributed by atoms with E-state index in [2.05, 4.69) is 4.74 Å². The Labute approximate surface area is 161 Å². The molecule has 4 nitrogen and oxygen atoms in total. The highest BCUT2D eigenvalue weighted by atomic mass is 16.5. The van der Waals surface area contributed by atoms with E-state index in [1.165, 1.54) is 97.0 Å². The van der Waals surface area contributed by atoms with Gasteiger partial charge in [0.2, 0.25) is 0 Å². The van der Waals surface area contributed by atoms with E-state index >= 15 is 0 Å². The molecule has 0 aromatic rings. The lowest BCUT2D eigenvalue weighted by atomic mass is 10.0. The Morgan fingerprint density at radius 3 is 1.27 bits per heavy atom. The van der Waals surface area contributed by atoms with Crippen LogP contribution >= 0.6 is 0 Å². The molecule has 0 aliphatic heterocycles. The molecule has 1 atom stereocenters. The number of methoxy groups -OCH3 is 1. The lowest BCUT2D eigenvalue weighted by molar-refractivity contribution is -0.150. The van der Waals surface area contributed by atoms with E-state index in [1.54, 1.807) is 0 Å². The van der Waals surface area contributed by atoms with Crippen molar-refractivity contribution in [3.8, 4) is 0 Å². The average Bonchev–Trinajstić information content (AvgIpc) is 2.66. The summed E-state index contributed by atoms with van der Waals surface area (Å²) in [5.41, 5.74) is 0. The second-order valence-corrected chi connectivity index (χ2v) is 7.56. The fourth-order valence-electron chi connectivity index (χ4n) is 3.36. The Balaban J connectivity index is 3.08. The van der Waals surface area contributed by atoms with Crippen molar-refractivity contribution >= 4 is 5.97 Å². The largest absolute Gasteiger partial charge is 0.467 e. The van der Waals surface area contributed by atoms with Gasteiger partial charge in [0.1, 0.15) is 0 Å². The lowest BCUT2D eigenvalue weighted by Crippen LogP contribution is -2.21. The van der Waals surface area contributed by atoms with Gasteiger partial charge in [0.15, 0.2) is 6.10 Å². The molecule has 4 heteroatoms. The molecule has 0 aromatic carbocycles.